The third-order valence-corrected chi connectivity index (χ3v) is 7.86. The molecule has 0 aliphatic carbocycles. The Kier molecular flexibility index (Phi) is 8.68. The van der Waals surface area contributed by atoms with Crippen LogP contribution in [0.4, 0.5) is 0 Å². The molecule has 0 atom stereocenters. The number of nitrogens with one attached hydrogen (secondary N) is 1. The molecule has 1 aliphatic heterocycles. The number of benzene rings is 2. The topological polar surface area (TPSA) is 96.0 Å². The molecule has 8 nitrogen and oxygen atoms in total. The maximum Gasteiger partial charge on any atom is 0.243 e. The minimum Gasteiger partial charge on any atom is -0.494 e. The minimum atomic E-state index is -3.61. The summed E-state index contributed by atoms with van der Waals surface area (Å²) in [6.07, 6.45) is 0.180. The fraction of sp³-hybridized carbons (Fsp3) is 0.440. The average molecular weight is 488 g/mol. The zero-order valence-electron chi connectivity index (χ0n) is 20.0. The zero-order chi connectivity index (χ0) is 24.7. The highest BCUT2D eigenvalue weighted by molar-refractivity contribution is 7.89. The number of carbonyl (C=O) groups excluding carboxylic acids is 2. The molecule has 9 heteroatoms. The molecule has 0 radical (unpaired) electrons. The zero-order valence-corrected chi connectivity index (χ0v) is 20.9. The maximum atomic E-state index is 13.1. The Labute approximate surface area is 201 Å². The molecule has 34 heavy (non-hydrogen) atoms. The predicted octanol–water partition coefficient (Wildman–Crippen LogP) is 2.63. The Balaban J connectivity index is 1.45. The largest absolute Gasteiger partial charge is 0.494 e. The fourth-order valence-corrected chi connectivity index (χ4v) is 5.61. The van der Waals surface area contributed by atoms with Crippen molar-refractivity contribution in [1.82, 2.24) is 14.5 Å². The number of nitrogens with zero attached hydrogens (tertiary/aromatic N) is 2. The van der Waals surface area contributed by atoms with Crippen LogP contribution < -0.4 is 10.1 Å². The number of hydrogen-bond donors (Lipinski definition) is 1. The van der Waals surface area contributed by atoms with Crippen molar-refractivity contribution in [3.05, 3.63) is 59.2 Å². The van der Waals surface area contributed by atoms with Crippen LogP contribution in [0, 0.1) is 13.8 Å². The lowest BCUT2D eigenvalue weighted by atomic mass is 10.2. The van der Waals surface area contributed by atoms with Crippen molar-refractivity contribution in [2.24, 2.45) is 0 Å². The fourth-order valence-electron chi connectivity index (χ4n) is 3.88. The van der Waals surface area contributed by atoms with Crippen molar-refractivity contribution < 1.29 is 22.7 Å². The van der Waals surface area contributed by atoms with Crippen LogP contribution in [-0.2, 0) is 26.2 Å². The van der Waals surface area contributed by atoms with Crippen LogP contribution >= 0.6 is 0 Å². The summed E-state index contributed by atoms with van der Waals surface area (Å²) >= 11 is 0. The molecule has 0 unspecified atom stereocenters. The van der Waals surface area contributed by atoms with Crippen molar-refractivity contribution >= 4 is 21.8 Å². The number of amides is 2. The van der Waals surface area contributed by atoms with Crippen molar-refractivity contribution in [2.75, 3.05) is 32.8 Å². The molecule has 0 spiro atoms. The van der Waals surface area contributed by atoms with E-state index in [4.69, 9.17) is 4.74 Å². The number of hydrogen-bond acceptors (Lipinski definition) is 5. The molecule has 1 saturated heterocycles. The number of rotatable bonds is 9. The first kappa shape index (κ1) is 25.7. The van der Waals surface area contributed by atoms with E-state index < -0.39 is 10.0 Å². The number of sulfonamides is 1. The molecule has 3 rings (SSSR count). The summed E-state index contributed by atoms with van der Waals surface area (Å²) < 4.78 is 33.0. The molecule has 0 saturated carbocycles. The summed E-state index contributed by atoms with van der Waals surface area (Å²) in [5.41, 5.74) is 2.52. The molecule has 1 heterocycles. The van der Waals surface area contributed by atoms with Gasteiger partial charge < -0.3 is 15.0 Å². The van der Waals surface area contributed by atoms with Crippen LogP contribution in [0.25, 0.3) is 0 Å². The maximum absolute atomic E-state index is 13.1. The Bertz CT molecular complexity index is 1130. The summed E-state index contributed by atoms with van der Waals surface area (Å²) in [7, 11) is -3.61. The first-order valence-electron chi connectivity index (χ1n) is 11.5. The summed E-state index contributed by atoms with van der Waals surface area (Å²) in [6, 6.07) is 12.9. The third-order valence-electron chi connectivity index (χ3n) is 5.82. The standard InChI is InChI=1S/C25H33N3O5S/c1-4-33-22-7-5-6-21(17-22)18-26-24(29)10-11-25(30)27-12-14-28(15-13-27)34(31,32)23-16-19(2)8-9-20(23)3/h5-9,16-17H,4,10-15,18H2,1-3H3,(H,26,29). The highest BCUT2D eigenvalue weighted by atomic mass is 32.2. The van der Waals surface area contributed by atoms with E-state index in [0.29, 0.717) is 36.7 Å². The quantitative estimate of drug-likeness (QED) is 0.587. The van der Waals surface area contributed by atoms with Crippen molar-refractivity contribution in [3.8, 4) is 5.75 Å². The highest BCUT2D eigenvalue weighted by Crippen LogP contribution is 2.22. The van der Waals surface area contributed by atoms with Crippen molar-refractivity contribution in [1.29, 1.82) is 0 Å². The smallest absolute Gasteiger partial charge is 0.243 e. The number of aryl methyl sites for hydroxylation is 2. The van der Waals surface area contributed by atoms with E-state index in [-0.39, 0.29) is 37.7 Å². The van der Waals surface area contributed by atoms with Crippen molar-refractivity contribution in [2.45, 2.75) is 45.1 Å². The second kappa shape index (κ2) is 11.5. The Hall–Kier alpha value is -2.91. The van der Waals surface area contributed by atoms with E-state index in [1.165, 1.54) is 4.31 Å². The van der Waals surface area contributed by atoms with Gasteiger partial charge in [-0.2, -0.15) is 4.31 Å². The number of piperazine rings is 1. The Morgan fingerprint density at radius 1 is 1.00 bits per heavy atom. The van der Waals surface area contributed by atoms with Gasteiger partial charge in [0.15, 0.2) is 0 Å². The van der Waals surface area contributed by atoms with Crippen LogP contribution in [0.5, 0.6) is 5.75 Å². The lowest BCUT2D eigenvalue weighted by Gasteiger charge is -2.34. The normalized spacial score (nSPS) is 14.6. The van der Waals surface area contributed by atoms with E-state index >= 15 is 0 Å². The van der Waals surface area contributed by atoms with Gasteiger partial charge in [0.25, 0.3) is 0 Å². The first-order chi connectivity index (χ1) is 16.2. The summed E-state index contributed by atoms with van der Waals surface area (Å²) in [4.78, 5) is 26.7. The number of ether oxygens (including phenoxy) is 1. The summed E-state index contributed by atoms with van der Waals surface area (Å²) in [5, 5.41) is 2.83. The molecule has 2 aromatic rings. The molecule has 1 N–H and O–H groups in total. The van der Waals surface area contributed by atoms with Gasteiger partial charge in [-0.1, -0.05) is 24.3 Å². The molecule has 2 amide bonds. The van der Waals surface area contributed by atoms with Gasteiger partial charge in [-0.3, -0.25) is 9.59 Å². The highest BCUT2D eigenvalue weighted by Gasteiger charge is 2.31. The van der Waals surface area contributed by atoms with Gasteiger partial charge in [-0.15, -0.1) is 0 Å². The van der Waals surface area contributed by atoms with Gasteiger partial charge in [0, 0.05) is 45.6 Å². The van der Waals surface area contributed by atoms with Gasteiger partial charge in [-0.05, 0) is 55.7 Å². The Morgan fingerprint density at radius 3 is 2.44 bits per heavy atom. The molecular weight excluding hydrogens is 454 g/mol. The van der Waals surface area contributed by atoms with Crippen LogP contribution in [0.15, 0.2) is 47.4 Å². The van der Waals surface area contributed by atoms with Gasteiger partial charge >= 0.3 is 0 Å². The second-order valence-electron chi connectivity index (χ2n) is 8.41. The van der Waals surface area contributed by atoms with E-state index in [1.807, 2.05) is 50.2 Å². The van der Waals surface area contributed by atoms with Gasteiger partial charge in [0.2, 0.25) is 21.8 Å². The SMILES string of the molecule is CCOc1cccc(CNC(=O)CCC(=O)N2CCN(S(=O)(=O)c3cc(C)ccc3C)CC2)c1. The first-order valence-corrected chi connectivity index (χ1v) is 13.0. The van der Waals surface area contributed by atoms with Crippen LogP contribution in [0.1, 0.15) is 36.5 Å². The van der Waals surface area contributed by atoms with Gasteiger partial charge in [0.1, 0.15) is 5.75 Å². The van der Waals surface area contributed by atoms with Crippen LogP contribution in [0.2, 0.25) is 0 Å². The van der Waals surface area contributed by atoms with E-state index in [0.717, 1.165) is 16.9 Å². The molecule has 2 aromatic carbocycles. The van der Waals surface area contributed by atoms with Gasteiger partial charge in [0.05, 0.1) is 11.5 Å². The molecular formula is C25H33N3O5S. The van der Waals surface area contributed by atoms with Crippen LogP contribution in [0.3, 0.4) is 0 Å². The summed E-state index contributed by atoms with van der Waals surface area (Å²) in [6.45, 7) is 7.61. The predicted molar refractivity (Wildman–Crippen MR) is 130 cm³/mol. The van der Waals surface area contributed by atoms with Crippen LogP contribution in [-0.4, -0.2) is 62.2 Å². The lowest BCUT2D eigenvalue weighted by Crippen LogP contribution is -2.50. The van der Waals surface area contributed by atoms with E-state index in [1.54, 1.807) is 17.9 Å². The van der Waals surface area contributed by atoms with E-state index in [2.05, 4.69) is 5.32 Å². The molecule has 184 valence electrons. The molecule has 1 aliphatic rings. The third kappa shape index (κ3) is 6.57. The molecule has 0 bridgehead atoms. The average Bonchev–Trinajstić information content (AvgIpc) is 2.83. The molecule has 0 aromatic heterocycles. The minimum absolute atomic E-state index is 0.0883. The number of carbonyl (C=O) groups is 2. The van der Waals surface area contributed by atoms with Gasteiger partial charge in [-0.25, -0.2) is 8.42 Å². The molecule has 1 fully saturated rings. The lowest BCUT2D eigenvalue weighted by molar-refractivity contribution is -0.134. The summed E-state index contributed by atoms with van der Waals surface area (Å²) in [5.74, 6) is 0.409. The Morgan fingerprint density at radius 2 is 1.74 bits per heavy atom. The van der Waals surface area contributed by atoms with Crippen molar-refractivity contribution in [3.63, 3.8) is 0 Å². The van der Waals surface area contributed by atoms with E-state index in [9.17, 15) is 18.0 Å². The monoisotopic (exact) mass is 487 g/mol. The second-order valence-corrected chi connectivity index (χ2v) is 10.3.